The Morgan fingerprint density at radius 1 is 1.37 bits per heavy atom. The summed E-state index contributed by atoms with van der Waals surface area (Å²) in [5.41, 5.74) is -0.262. The zero-order valence-corrected chi connectivity index (χ0v) is 16.8. The highest BCUT2D eigenvalue weighted by atomic mass is 32.2. The molecule has 27 heavy (non-hydrogen) atoms. The third-order valence-corrected chi connectivity index (χ3v) is 6.71. The first kappa shape index (κ1) is 21.5. The Labute approximate surface area is 163 Å². The lowest BCUT2D eigenvalue weighted by molar-refractivity contribution is -0.385. The van der Waals surface area contributed by atoms with Gasteiger partial charge in [-0.3, -0.25) is 15.1 Å². The van der Waals surface area contributed by atoms with E-state index in [-0.39, 0.29) is 17.1 Å². The molecule has 1 aromatic carbocycles. The molecule has 1 aliphatic rings. The molecule has 0 amide bonds. The summed E-state index contributed by atoms with van der Waals surface area (Å²) in [4.78, 5) is 14.6. The van der Waals surface area contributed by atoms with E-state index in [0.717, 1.165) is 12.6 Å². The van der Waals surface area contributed by atoms with Gasteiger partial charge in [0.25, 0.3) is 5.69 Å². The number of nitro groups is 1. The van der Waals surface area contributed by atoms with Crippen LogP contribution in [-0.4, -0.2) is 56.5 Å². The Kier molecular flexibility index (Phi) is 8.32. The molecule has 1 atom stereocenters. The van der Waals surface area contributed by atoms with E-state index in [4.69, 9.17) is 0 Å². The first-order valence-corrected chi connectivity index (χ1v) is 11.3. The summed E-state index contributed by atoms with van der Waals surface area (Å²) in [5, 5.41) is 17.6. The Balaban J connectivity index is 1.85. The van der Waals surface area contributed by atoms with Crippen LogP contribution in [0.25, 0.3) is 0 Å². The van der Waals surface area contributed by atoms with Gasteiger partial charge in [0.1, 0.15) is 0 Å². The molecule has 1 heterocycles. The van der Waals surface area contributed by atoms with Gasteiger partial charge in [0.2, 0.25) is 10.0 Å². The van der Waals surface area contributed by atoms with Crippen LogP contribution in [0.4, 0.5) is 5.69 Å². The van der Waals surface area contributed by atoms with Gasteiger partial charge in [-0.15, -0.1) is 0 Å². The number of nitrogens with zero attached hydrogens (tertiary/aromatic N) is 2. The van der Waals surface area contributed by atoms with Crippen LogP contribution in [0, 0.1) is 10.1 Å². The predicted octanol–water partition coefficient (Wildman–Crippen LogP) is 1.32. The average molecular weight is 416 g/mol. The summed E-state index contributed by atoms with van der Waals surface area (Å²) in [6.07, 6.45) is 2.41. The number of non-ortho nitro benzene ring substituents is 1. The van der Waals surface area contributed by atoms with Gasteiger partial charge in [0, 0.05) is 37.0 Å². The zero-order chi connectivity index (χ0) is 19.7. The molecule has 2 rings (SSSR count). The maximum absolute atomic E-state index is 12.3. The Morgan fingerprint density at radius 2 is 2.19 bits per heavy atom. The number of sulfonamides is 1. The van der Waals surface area contributed by atoms with E-state index in [1.165, 1.54) is 36.8 Å². The third-order valence-electron chi connectivity index (χ3n) is 3.87. The molecule has 3 N–H and O–H groups in total. The highest BCUT2D eigenvalue weighted by Gasteiger charge is 2.17. The monoisotopic (exact) mass is 415 g/mol. The summed E-state index contributed by atoms with van der Waals surface area (Å²) in [7, 11) is -3.81. The van der Waals surface area contributed by atoms with Crippen molar-refractivity contribution in [3.05, 3.63) is 34.4 Å². The van der Waals surface area contributed by atoms with Gasteiger partial charge >= 0.3 is 0 Å². The fourth-order valence-corrected chi connectivity index (χ4v) is 4.79. The van der Waals surface area contributed by atoms with Gasteiger partial charge < -0.3 is 10.6 Å². The maximum atomic E-state index is 12.3. The molecule has 11 heteroatoms. The Bertz CT molecular complexity index is 764. The number of thioether (sulfide) groups is 1. The molecule has 150 valence electrons. The smallest absolute Gasteiger partial charge is 0.270 e. The van der Waals surface area contributed by atoms with Crippen molar-refractivity contribution in [3.63, 3.8) is 0 Å². The molecule has 0 bridgehead atoms. The number of nitrogens with one attached hydrogen (secondary N) is 3. The molecule has 1 fully saturated rings. The average Bonchev–Trinajstić information content (AvgIpc) is 3.17. The molecule has 0 aliphatic carbocycles. The third kappa shape index (κ3) is 7.00. The molecule has 1 saturated heterocycles. The topological polar surface area (TPSA) is 126 Å². The maximum Gasteiger partial charge on any atom is 0.270 e. The molecule has 0 radical (unpaired) electrons. The van der Waals surface area contributed by atoms with Gasteiger partial charge in [0.05, 0.1) is 16.4 Å². The number of hydrogen-bond acceptors (Lipinski definition) is 6. The molecule has 0 spiro atoms. The molecular formula is C16H25N5O4S2. The van der Waals surface area contributed by atoms with Crippen LogP contribution >= 0.6 is 11.8 Å². The second kappa shape index (κ2) is 10.5. The predicted molar refractivity (Wildman–Crippen MR) is 108 cm³/mol. The summed E-state index contributed by atoms with van der Waals surface area (Å²) < 4.78 is 27.0. The fourth-order valence-electron chi connectivity index (χ4n) is 2.54. The normalized spacial score (nSPS) is 17.7. The van der Waals surface area contributed by atoms with Crippen LogP contribution in [0.5, 0.6) is 0 Å². The van der Waals surface area contributed by atoms with Gasteiger partial charge in [-0.05, 0) is 31.6 Å². The number of nitro benzene ring substituents is 1. The standard InChI is InChI=1S/C16H25N5O4S2/c1-2-17-16(19-12-14-6-4-10-26-14)18-8-9-20-27(24,25)15-7-3-5-13(11-15)21(22)23/h3,5,7,11,14,20H,2,4,6,8-10,12H2,1H3,(H2,17,18,19). The Hall–Kier alpha value is -1.85. The summed E-state index contributed by atoms with van der Waals surface area (Å²) in [5.74, 6) is 1.84. The van der Waals surface area contributed by atoms with Crippen LogP contribution in [0.1, 0.15) is 19.8 Å². The molecule has 1 unspecified atom stereocenters. The highest BCUT2D eigenvalue weighted by Crippen LogP contribution is 2.26. The number of benzene rings is 1. The van der Waals surface area contributed by atoms with Crippen molar-refractivity contribution in [3.8, 4) is 0 Å². The van der Waals surface area contributed by atoms with E-state index in [0.29, 0.717) is 24.3 Å². The van der Waals surface area contributed by atoms with Crippen molar-refractivity contribution < 1.29 is 13.3 Å². The molecule has 1 aromatic rings. The van der Waals surface area contributed by atoms with E-state index < -0.39 is 14.9 Å². The minimum absolute atomic E-state index is 0.129. The molecule has 0 saturated carbocycles. The van der Waals surface area contributed by atoms with Gasteiger partial charge in [0.15, 0.2) is 5.96 Å². The van der Waals surface area contributed by atoms with Crippen LogP contribution in [0.3, 0.4) is 0 Å². The van der Waals surface area contributed by atoms with E-state index in [2.05, 4.69) is 20.3 Å². The number of aliphatic imine (C=N–C) groups is 1. The van der Waals surface area contributed by atoms with Crippen LogP contribution in [-0.2, 0) is 10.0 Å². The van der Waals surface area contributed by atoms with E-state index >= 15 is 0 Å². The van der Waals surface area contributed by atoms with Crippen LogP contribution in [0.2, 0.25) is 0 Å². The molecular weight excluding hydrogens is 390 g/mol. The highest BCUT2D eigenvalue weighted by molar-refractivity contribution is 8.00. The number of hydrogen-bond donors (Lipinski definition) is 3. The molecule has 1 aliphatic heterocycles. The second-order valence-electron chi connectivity index (χ2n) is 5.93. The summed E-state index contributed by atoms with van der Waals surface area (Å²) in [6, 6.07) is 4.97. The minimum Gasteiger partial charge on any atom is -0.357 e. The zero-order valence-electron chi connectivity index (χ0n) is 15.2. The van der Waals surface area contributed by atoms with Crippen molar-refractivity contribution in [1.82, 2.24) is 15.4 Å². The number of rotatable bonds is 9. The summed E-state index contributed by atoms with van der Waals surface area (Å²) in [6.45, 7) is 3.89. The van der Waals surface area contributed by atoms with Crippen molar-refractivity contribution in [2.45, 2.75) is 29.9 Å². The lowest BCUT2D eigenvalue weighted by Crippen LogP contribution is -2.41. The van der Waals surface area contributed by atoms with Crippen molar-refractivity contribution in [2.24, 2.45) is 4.99 Å². The van der Waals surface area contributed by atoms with Crippen molar-refractivity contribution in [2.75, 3.05) is 31.9 Å². The minimum atomic E-state index is -3.81. The van der Waals surface area contributed by atoms with E-state index in [1.807, 2.05) is 18.7 Å². The van der Waals surface area contributed by atoms with Crippen molar-refractivity contribution >= 4 is 33.4 Å². The lowest BCUT2D eigenvalue weighted by Gasteiger charge is -2.13. The largest absolute Gasteiger partial charge is 0.357 e. The van der Waals surface area contributed by atoms with E-state index in [9.17, 15) is 18.5 Å². The first-order chi connectivity index (χ1) is 12.9. The quantitative estimate of drug-likeness (QED) is 0.183. The SMILES string of the molecule is CCNC(=NCC1CCCS1)NCCNS(=O)(=O)c1cccc([N+](=O)[O-])c1. The van der Waals surface area contributed by atoms with Gasteiger partial charge in [-0.25, -0.2) is 13.1 Å². The van der Waals surface area contributed by atoms with Gasteiger partial charge in [-0.2, -0.15) is 11.8 Å². The number of guanidine groups is 1. The van der Waals surface area contributed by atoms with Gasteiger partial charge in [-0.1, -0.05) is 6.07 Å². The summed E-state index contributed by atoms with van der Waals surface area (Å²) >= 11 is 1.93. The molecule has 0 aromatic heterocycles. The van der Waals surface area contributed by atoms with E-state index in [1.54, 1.807) is 0 Å². The second-order valence-corrected chi connectivity index (χ2v) is 9.11. The lowest BCUT2D eigenvalue weighted by atomic mass is 10.2. The molecule has 9 nitrogen and oxygen atoms in total. The first-order valence-electron chi connectivity index (χ1n) is 8.80. The van der Waals surface area contributed by atoms with Crippen molar-refractivity contribution in [1.29, 1.82) is 0 Å². The van der Waals surface area contributed by atoms with Crippen LogP contribution in [0.15, 0.2) is 34.2 Å². The van der Waals surface area contributed by atoms with Crippen LogP contribution < -0.4 is 15.4 Å². The fraction of sp³-hybridized carbons (Fsp3) is 0.562. The Morgan fingerprint density at radius 3 is 2.85 bits per heavy atom.